The molecule has 3 fully saturated rings. The fourth-order valence-corrected chi connectivity index (χ4v) is 4.98. The zero-order valence-electron chi connectivity index (χ0n) is 10.3. The molecule has 1 aromatic rings. The minimum absolute atomic E-state index is 0.544. The first-order valence-electron chi connectivity index (χ1n) is 6.97. The largest absolute Gasteiger partial charge is 0.313 e. The molecule has 5 unspecified atom stereocenters. The Balaban J connectivity index is 1.59. The fraction of sp³-hybridized carbons (Fsp3) is 0.667. The zero-order valence-corrected chi connectivity index (χ0v) is 10.3. The smallest absolute Gasteiger partial charge is 0.0367 e. The van der Waals surface area contributed by atoms with E-state index in [-0.39, 0.29) is 0 Å². The Hall–Kier alpha value is -0.890. The maximum Gasteiger partial charge on any atom is 0.0367 e. The monoisotopic (exact) mass is 228 g/mol. The van der Waals surface area contributed by atoms with Gasteiger partial charge in [0.2, 0.25) is 0 Å². The van der Waals surface area contributed by atoms with Crippen molar-refractivity contribution >= 4 is 0 Å². The van der Waals surface area contributed by atoms with Crippen LogP contribution in [0.4, 0.5) is 0 Å². The lowest BCUT2D eigenvalue weighted by Crippen LogP contribution is -2.22. The molecule has 3 aliphatic carbocycles. The van der Waals surface area contributed by atoms with Crippen molar-refractivity contribution in [3.05, 3.63) is 30.1 Å². The predicted molar refractivity (Wildman–Crippen MR) is 67.3 cm³/mol. The van der Waals surface area contributed by atoms with Gasteiger partial charge in [-0.25, -0.2) is 0 Å². The average Bonchev–Trinajstić information content (AvgIpc) is 2.81. The number of hydrogen-bond acceptors (Lipinski definition) is 2. The minimum atomic E-state index is 0.544. The van der Waals surface area contributed by atoms with Gasteiger partial charge in [0.1, 0.15) is 0 Å². The van der Waals surface area contributed by atoms with Crippen molar-refractivity contribution in [1.29, 1.82) is 0 Å². The van der Waals surface area contributed by atoms with Crippen LogP contribution in [0.1, 0.15) is 30.9 Å². The van der Waals surface area contributed by atoms with Gasteiger partial charge in [-0.2, -0.15) is 0 Å². The topological polar surface area (TPSA) is 24.9 Å². The van der Waals surface area contributed by atoms with Gasteiger partial charge in [0.05, 0.1) is 0 Å². The highest BCUT2D eigenvalue weighted by molar-refractivity contribution is 5.23. The molecule has 1 N–H and O–H groups in total. The lowest BCUT2D eigenvalue weighted by atomic mass is 9.94. The first-order chi connectivity index (χ1) is 8.40. The molecule has 0 radical (unpaired) electrons. The third-order valence-electron chi connectivity index (χ3n) is 5.53. The van der Waals surface area contributed by atoms with E-state index in [0.717, 1.165) is 29.6 Å². The molecule has 3 aliphatic rings. The number of nitrogens with zero attached hydrogens (tertiary/aromatic N) is 1. The maximum atomic E-state index is 4.27. The van der Waals surface area contributed by atoms with Gasteiger partial charge in [-0.1, -0.05) is 6.07 Å². The molecule has 3 saturated carbocycles. The number of aromatic nitrogens is 1. The molecule has 17 heavy (non-hydrogen) atoms. The Morgan fingerprint density at radius 1 is 1.29 bits per heavy atom. The van der Waals surface area contributed by atoms with E-state index in [9.17, 15) is 0 Å². The summed E-state index contributed by atoms with van der Waals surface area (Å²) in [5, 5.41) is 3.54. The van der Waals surface area contributed by atoms with Crippen LogP contribution in [0.2, 0.25) is 0 Å². The van der Waals surface area contributed by atoms with E-state index in [2.05, 4.69) is 29.5 Å². The van der Waals surface area contributed by atoms with Crippen molar-refractivity contribution in [3.63, 3.8) is 0 Å². The Kier molecular flexibility index (Phi) is 2.10. The molecule has 1 heterocycles. The summed E-state index contributed by atoms with van der Waals surface area (Å²) in [6.07, 6.45) is 8.46. The molecule has 0 aromatic carbocycles. The summed E-state index contributed by atoms with van der Waals surface area (Å²) in [4.78, 5) is 4.27. The summed E-state index contributed by atoms with van der Waals surface area (Å²) >= 11 is 0. The van der Waals surface area contributed by atoms with Crippen molar-refractivity contribution < 1.29 is 0 Å². The van der Waals surface area contributed by atoms with Gasteiger partial charge >= 0.3 is 0 Å². The standard InChI is InChI=1S/C15H20N2/c1-16-15(11-3-2-6-17-8-11)14-12-9-4-5-10(7-9)13(12)14/h2-3,6,8-10,12-16H,4-5,7H2,1H3. The van der Waals surface area contributed by atoms with E-state index in [1.807, 2.05) is 12.4 Å². The molecule has 0 aliphatic heterocycles. The van der Waals surface area contributed by atoms with Crippen LogP contribution in [-0.2, 0) is 0 Å². The van der Waals surface area contributed by atoms with Gasteiger partial charge in [-0.15, -0.1) is 0 Å². The summed E-state index contributed by atoms with van der Waals surface area (Å²) in [6, 6.07) is 4.83. The van der Waals surface area contributed by atoms with Gasteiger partial charge in [-0.3, -0.25) is 4.98 Å². The Morgan fingerprint density at radius 2 is 2.06 bits per heavy atom. The first-order valence-corrected chi connectivity index (χ1v) is 6.97. The number of fused-ring (bicyclic) bond motifs is 5. The zero-order chi connectivity index (χ0) is 11.4. The van der Waals surface area contributed by atoms with E-state index < -0.39 is 0 Å². The quantitative estimate of drug-likeness (QED) is 0.860. The second kappa shape index (κ2) is 3.55. The van der Waals surface area contributed by atoms with Crippen molar-refractivity contribution in [2.24, 2.45) is 29.6 Å². The number of rotatable bonds is 3. The van der Waals surface area contributed by atoms with Crippen LogP contribution in [0.25, 0.3) is 0 Å². The Labute approximate surface area is 103 Å². The summed E-state index contributed by atoms with van der Waals surface area (Å²) in [6.45, 7) is 0. The second-order valence-corrected chi connectivity index (χ2v) is 6.12. The average molecular weight is 228 g/mol. The molecule has 0 saturated heterocycles. The van der Waals surface area contributed by atoms with E-state index in [4.69, 9.17) is 0 Å². The summed E-state index contributed by atoms with van der Waals surface area (Å²) in [5.74, 6) is 5.08. The predicted octanol–water partition coefficient (Wildman–Crippen LogP) is 2.63. The highest BCUT2D eigenvalue weighted by atomic mass is 14.9. The van der Waals surface area contributed by atoms with Crippen LogP contribution in [0.5, 0.6) is 0 Å². The lowest BCUT2D eigenvalue weighted by Gasteiger charge is -2.20. The summed E-state index contributed by atoms with van der Waals surface area (Å²) in [5.41, 5.74) is 1.38. The normalized spacial score (nSPS) is 43.5. The number of nitrogens with one attached hydrogen (secondary N) is 1. The molecule has 90 valence electrons. The molecule has 2 heteroatoms. The van der Waals surface area contributed by atoms with Crippen LogP contribution < -0.4 is 5.32 Å². The van der Waals surface area contributed by atoms with Crippen molar-refractivity contribution in [3.8, 4) is 0 Å². The molecule has 2 bridgehead atoms. The summed E-state index contributed by atoms with van der Waals surface area (Å²) in [7, 11) is 2.10. The highest BCUT2D eigenvalue weighted by Gasteiger charge is 2.66. The van der Waals surface area contributed by atoms with E-state index in [1.165, 1.54) is 24.8 Å². The van der Waals surface area contributed by atoms with Gasteiger partial charge in [0.25, 0.3) is 0 Å². The van der Waals surface area contributed by atoms with Crippen LogP contribution >= 0.6 is 0 Å². The maximum absolute atomic E-state index is 4.27. The van der Waals surface area contributed by atoms with Crippen LogP contribution in [0, 0.1) is 29.6 Å². The van der Waals surface area contributed by atoms with Crippen LogP contribution in [0.3, 0.4) is 0 Å². The molecule has 2 nitrogen and oxygen atoms in total. The second-order valence-electron chi connectivity index (χ2n) is 6.12. The Bertz CT molecular complexity index is 400. The third-order valence-corrected chi connectivity index (χ3v) is 5.53. The molecular formula is C15H20N2. The van der Waals surface area contributed by atoms with Crippen LogP contribution in [0.15, 0.2) is 24.5 Å². The fourth-order valence-electron chi connectivity index (χ4n) is 4.98. The van der Waals surface area contributed by atoms with Crippen molar-refractivity contribution in [2.45, 2.75) is 25.3 Å². The van der Waals surface area contributed by atoms with E-state index in [1.54, 1.807) is 0 Å². The van der Waals surface area contributed by atoms with E-state index in [0.29, 0.717) is 6.04 Å². The Morgan fingerprint density at radius 3 is 2.65 bits per heavy atom. The number of pyridine rings is 1. The molecule has 5 atom stereocenters. The van der Waals surface area contributed by atoms with Crippen molar-refractivity contribution in [1.82, 2.24) is 10.3 Å². The third kappa shape index (κ3) is 1.33. The highest BCUT2D eigenvalue weighted by Crippen LogP contribution is 2.72. The minimum Gasteiger partial charge on any atom is -0.313 e. The number of hydrogen-bond donors (Lipinski definition) is 1. The molecule has 0 spiro atoms. The molecular weight excluding hydrogens is 208 g/mol. The van der Waals surface area contributed by atoms with Crippen molar-refractivity contribution in [2.75, 3.05) is 7.05 Å². The van der Waals surface area contributed by atoms with Crippen LogP contribution in [-0.4, -0.2) is 12.0 Å². The molecule has 0 amide bonds. The van der Waals surface area contributed by atoms with Gasteiger partial charge in [0.15, 0.2) is 0 Å². The summed E-state index contributed by atoms with van der Waals surface area (Å²) < 4.78 is 0. The van der Waals surface area contributed by atoms with Gasteiger partial charge < -0.3 is 5.32 Å². The van der Waals surface area contributed by atoms with E-state index >= 15 is 0 Å². The van der Waals surface area contributed by atoms with Gasteiger partial charge in [-0.05, 0) is 67.5 Å². The molecule has 1 aromatic heterocycles. The van der Waals surface area contributed by atoms with Gasteiger partial charge in [0, 0.05) is 18.4 Å². The first kappa shape index (κ1) is 10.1. The molecule has 4 rings (SSSR count). The lowest BCUT2D eigenvalue weighted by molar-refractivity contribution is 0.385. The SMILES string of the molecule is CNC(c1cccnc1)C1C2C3CCC(C3)C21.